The van der Waals surface area contributed by atoms with Crippen LogP contribution >= 0.6 is 0 Å². The molecule has 1 aromatic rings. The summed E-state index contributed by atoms with van der Waals surface area (Å²) in [6.45, 7) is 0.786. The molecular formula is C10H18N4O2. The van der Waals surface area contributed by atoms with Crippen molar-refractivity contribution in [3.05, 3.63) is 18.2 Å². The number of ether oxygens (including phenoxy) is 1. The van der Waals surface area contributed by atoms with E-state index in [1.54, 1.807) is 6.20 Å². The quantitative estimate of drug-likeness (QED) is 0.676. The van der Waals surface area contributed by atoms with Gasteiger partial charge in [0.15, 0.2) is 0 Å². The molecule has 1 rings (SSSR count). The van der Waals surface area contributed by atoms with Gasteiger partial charge in [0, 0.05) is 26.0 Å². The van der Waals surface area contributed by atoms with Crippen molar-refractivity contribution in [2.75, 3.05) is 20.7 Å². The molecule has 1 unspecified atom stereocenters. The standard InChI is InChI=1S/C10H18N4O2/c1-13-5-4-12-9(13)7-14(2)8(6-11)10(15)16-3/h4-5,8H,6-7,11H2,1-3H3. The summed E-state index contributed by atoms with van der Waals surface area (Å²) in [6.07, 6.45) is 3.58. The van der Waals surface area contributed by atoms with Crippen LogP contribution in [0, 0.1) is 0 Å². The van der Waals surface area contributed by atoms with Crippen LogP contribution in [0.4, 0.5) is 0 Å². The number of aromatic nitrogens is 2. The van der Waals surface area contributed by atoms with E-state index in [2.05, 4.69) is 9.72 Å². The average molecular weight is 226 g/mol. The van der Waals surface area contributed by atoms with Gasteiger partial charge in [-0.3, -0.25) is 9.69 Å². The zero-order valence-electron chi connectivity index (χ0n) is 9.88. The second-order valence-corrected chi connectivity index (χ2v) is 3.64. The molecule has 0 radical (unpaired) electrons. The number of carbonyl (C=O) groups excluding carboxylic acids is 1. The van der Waals surface area contributed by atoms with Gasteiger partial charge >= 0.3 is 5.97 Å². The first-order valence-corrected chi connectivity index (χ1v) is 5.04. The first-order chi connectivity index (χ1) is 7.60. The van der Waals surface area contributed by atoms with E-state index in [4.69, 9.17) is 5.73 Å². The molecule has 1 heterocycles. The third-order valence-electron chi connectivity index (χ3n) is 2.54. The maximum absolute atomic E-state index is 11.4. The number of nitrogens with zero attached hydrogens (tertiary/aromatic N) is 3. The molecule has 1 aromatic heterocycles. The maximum Gasteiger partial charge on any atom is 0.324 e. The number of esters is 1. The molecule has 0 saturated carbocycles. The van der Waals surface area contributed by atoms with Crippen LogP contribution in [0.5, 0.6) is 0 Å². The summed E-state index contributed by atoms with van der Waals surface area (Å²) in [5, 5.41) is 0. The lowest BCUT2D eigenvalue weighted by molar-refractivity contribution is -0.146. The average Bonchev–Trinajstić information content (AvgIpc) is 2.65. The molecule has 1 atom stereocenters. The minimum absolute atomic E-state index is 0.230. The Morgan fingerprint density at radius 3 is 2.88 bits per heavy atom. The van der Waals surface area contributed by atoms with Crippen LogP contribution in [0.1, 0.15) is 5.82 Å². The van der Waals surface area contributed by atoms with Crippen molar-refractivity contribution >= 4 is 5.97 Å². The number of nitrogens with two attached hydrogens (primary N) is 1. The molecule has 0 amide bonds. The molecule has 0 aromatic carbocycles. The van der Waals surface area contributed by atoms with Gasteiger partial charge in [0.25, 0.3) is 0 Å². The van der Waals surface area contributed by atoms with E-state index in [1.165, 1.54) is 7.11 Å². The van der Waals surface area contributed by atoms with Gasteiger partial charge in [-0.2, -0.15) is 0 Å². The zero-order valence-corrected chi connectivity index (χ0v) is 9.88. The highest BCUT2D eigenvalue weighted by Crippen LogP contribution is 2.04. The van der Waals surface area contributed by atoms with Gasteiger partial charge in [0.05, 0.1) is 13.7 Å². The lowest BCUT2D eigenvalue weighted by atomic mass is 10.2. The van der Waals surface area contributed by atoms with Crippen molar-refractivity contribution in [1.82, 2.24) is 14.5 Å². The topological polar surface area (TPSA) is 73.4 Å². The van der Waals surface area contributed by atoms with Crippen LogP contribution in [0.2, 0.25) is 0 Å². The van der Waals surface area contributed by atoms with Crippen LogP contribution < -0.4 is 5.73 Å². The van der Waals surface area contributed by atoms with E-state index >= 15 is 0 Å². The minimum atomic E-state index is -0.429. The molecule has 0 fully saturated rings. The van der Waals surface area contributed by atoms with E-state index in [-0.39, 0.29) is 12.5 Å². The van der Waals surface area contributed by atoms with Crippen LogP contribution in [0.15, 0.2) is 12.4 Å². The van der Waals surface area contributed by atoms with E-state index in [0.717, 1.165) is 5.82 Å². The lowest BCUT2D eigenvalue weighted by Gasteiger charge is -2.24. The molecule has 16 heavy (non-hydrogen) atoms. The number of rotatable bonds is 5. The molecule has 2 N–H and O–H groups in total. The SMILES string of the molecule is COC(=O)C(CN)N(C)Cc1nccn1C. The molecule has 6 nitrogen and oxygen atoms in total. The first-order valence-electron chi connectivity index (χ1n) is 5.04. The molecule has 6 heteroatoms. The summed E-state index contributed by atoms with van der Waals surface area (Å²) in [4.78, 5) is 17.4. The van der Waals surface area contributed by atoms with Gasteiger partial charge in [0.1, 0.15) is 11.9 Å². The Morgan fingerprint density at radius 1 is 1.75 bits per heavy atom. The van der Waals surface area contributed by atoms with Gasteiger partial charge in [-0.1, -0.05) is 0 Å². The summed E-state index contributed by atoms with van der Waals surface area (Å²) >= 11 is 0. The lowest BCUT2D eigenvalue weighted by Crippen LogP contribution is -2.44. The monoisotopic (exact) mass is 226 g/mol. The molecule has 0 saturated heterocycles. The Bertz CT molecular complexity index is 350. The second kappa shape index (κ2) is 5.62. The zero-order chi connectivity index (χ0) is 12.1. The number of hydrogen-bond donors (Lipinski definition) is 1. The molecule has 0 aliphatic carbocycles. The Kier molecular flexibility index (Phi) is 4.45. The van der Waals surface area contributed by atoms with Gasteiger partial charge in [-0.25, -0.2) is 4.98 Å². The van der Waals surface area contributed by atoms with E-state index < -0.39 is 6.04 Å². The summed E-state index contributed by atoms with van der Waals surface area (Å²) in [5.74, 6) is 0.559. The first kappa shape index (κ1) is 12.7. The molecule has 0 bridgehead atoms. The molecule has 0 aliphatic heterocycles. The van der Waals surface area contributed by atoms with Crippen molar-refractivity contribution in [3.63, 3.8) is 0 Å². The smallest absolute Gasteiger partial charge is 0.324 e. The molecule has 0 aliphatic rings. The highest BCUT2D eigenvalue weighted by atomic mass is 16.5. The number of imidazole rings is 1. The minimum Gasteiger partial charge on any atom is -0.468 e. The fourth-order valence-electron chi connectivity index (χ4n) is 1.47. The van der Waals surface area contributed by atoms with E-state index in [0.29, 0.717) is 6.54 Å². The Balaban J connectivity index is 2.66. The number of likely N-dealkylation sites (N-methyl/N-ethyl adjacent to an activating group) is 1. The molecule has 90 valence electrons. The van der Waals surface area contributed by atoms with Crippen LogP contribution in [-0.2, 0) is 23.1 Å². The fourth-order valence-corrected chi connectivity index (χ4v) is 1.47. The number of hydrogen-bond acceptors (Lipinski definition) is 5. The third-order valence-corrected chi connectivity index (χ3v) is 2.54. The number of methoxy groups -OCH3 is 1. The van der Waals surface area contributed by atoms with Crippen molar-refractivity contribution < 1.29 is 9.53 Å². The van der Waals surface area contributed by atoms with Crippen molar-refractivity contribution in [2.24, 2.45) is 12.8 Å². The highest BCUT2D eigenvalue weighted by molar-refractivity contribution is 5.75. The van der Waals surface area contributed by atoms with Crippen molar-refractivity contribution in [2.45, 2.75) is 12.6 Å². The van der Waals surface area contributed by atoms with E-state index in [1.807, 2.05) is 29.8 Å². The predicted molar refractivity (Wildman–Crippen MR) is 59.5 cm³/mol. The summed E-state index contributed by atoms with van der Waals surface area (Å²) in [5.41, 5.74) is 5.55. The largest absolute Gasteiger partial charge is 0.468 e. The Morgan fingerprint density at radius 2 is 2.44 bits per heavy atom. The Hall–Kier alpha value is -1.40. The maximum atomic E-state index is 11.4. The molecule has 0 spiro atoms. The fraction of sp³-hybridized carbons (Fsp3) is 0.600. The third kappa shape index (κ3) is 2.80. The number of aryl methyl sites for hydroxylation is 1. The van der Waals surface area contributed by atoms with Gasteiger partial charge in [-0.05, 0) is 7.05 Å². The molecular weight excluding hydrogens is 208 g/mol. The van der Waals surface area contributed by atoms with Crippen LogP contribution in [0.25, 0.3) is 0 Å². The predicted octanol–water partition coefficient (Wildman–Crippen LogP) is -0.648. The summed E-state index contributed by atoms with van der Waals surface area (Å²) in [6, 6.07) is -0.429. The van der Waals surface area contributed by atoms with Gasteiger partial charge in [0.2, 0.25) is 0 Å². The van der Waals surface area contributed by atoms with Gasteiger partial charge < -0.3 is 15.0 Å². The van der Waals surface area contributed by atoms with Gasteiger partial charge in [-0.15, -0.1) is 0 Å². The second-order valence-electron chi connectivity index (χ2n) is 3.64. The normalized spacial score (nSPS) is 12.8. The summed E-state index contributed by atoms with van der Waals surface area (Å²) in [7, 11) is 5.09. The van der Waals surface area contributed by atoms with Crippen molar-refractivity contribution in [1.29, 1.82) is 0 Å². The van der Waals surface area contributed by atoms with Crippen LogP contribution in [-0.4, -0.2) is 47.2 Å². The van der Waals surface area contributed by atoms with Crippen molar-refractivity contribution in [3.8, 4) is 0 Å². The summed E-state index contributed by atoms with van der Waals surface area (Å²) < 4.78 is 6.59. The highest BCUT2D eigenvalue weighted by Gasteiger charge is 2.23. The van der Waals surface area contributed by atoms with E-state index in [9.17, 15) is 4.79 Å². The number of carbonyl (C=O) groups is 1. The Labute approximate surface area is 95.0 Å². The van der Waals surface area contributed by atoms with Crippen LogP contribution in [0.3, 0.4) is 0 Å².